The van der Waals surface area contributed by atoms with Crippen LogP contribution in [-0.2, 0) is 4.79 Å². The van der Waals surface area contributed by atoms with Crippen LogP contribution in [0.1, 0.15) is 32.6 Å². The van der Waals surface area contributed by atoms with Crippen molar-refractivity contribution in [3.63, 3.8) is 0 Å². The van der Waals surface area contributed by atoms with Gasteiger partial charge in [0.05, 0.1) is 6.54 Å². The van der Waals surface area contributed by atoms with Crippen LogP contribution in [0.25, 0.3) is 0 Å². The Morgan fingerprint density at radius 3 is 2.83 bits per heavy atom. The predicted molar refractivity (Wildman–Crippen MR) is 70.6 cm³/mol. The number of aliphatic carboxylic acids is 1. The highest BCUT2D eigenvalue weighted by Gasteiger charge is 2.27. The van der Waals surface area contributed by atoms with E-state index in [-0.39, 0.29) is 13.2 Å². The molecule has 0 aromatic carbocycles. The van der Waals surface area contributed by atoms with E-state index >= 15 is 0 Å². The van der Waals surface area contributed by atoms with Gasteiger partial charge in [-0.3, -0.25) is 9.69 Å². The second kappa shape index (κ2) is 8.45. The maximum absolute atomic E-state index is 10.8. The Kier molecular flexibility index (Phi) is 7.23. The smallest absolute Gasteiger partial charge is 0.317 e. The molecule has 0 aromatic rings. The van der Waals surface area contributed by atoms with E-state index in [1.807, 2.05) is 4.90 Å². The summed E-state index contributed by atoms with van der Waals surface area (Å²) < 4.78 is 0. The molecule has 5 nitrogen and oxygen atoms in total. The van der Waals surface area contributed by atoms with Crippen LogP contribution in [0.4, 0.5) is 0 Å². The van der Waals surface area contributed by atoms with Crippen LogP contribution >= 0.6 is 0 Å². The SMILES string of the molecule is CCCNC1CC(CCCO)CN(CC(=O)O)C1. The lowest BCUT2D eigenvalue weighted by Gasteiger charge is -2.37. The van der Waals surface area contributed by atoms with Gasteiger partial charge in [-0.15, -0.1) is 0 Å². The second-order valence-corrected chi connectivity index (χ2v) is 5.21. The summed E-state index contributed by atoms with van der Waals surface area (Å²) in [4.78, 5) is 12.8. The van der Waals surface area contributed by atoms with Gasteiger partial charge in [0.1, 0.15) is 0 Å². The fourth-order valence-electron chi connectivity index (χ4n) is 2.71. The minimum Gasteiger partial charge on any atom is -0.480 e. The first-order chi connectivity index (χ1) is 8.65. The standard InChI is InChI=1S/C13H26N2O3/c1-2-5-14-12-7-11(4-3-6-16)8-15(9-12)10-13(17)18/h11-12,14,16H,2-10H2,1H3,(H,17,18). The summed E-state index contributed by atoms with van der Waals surface area (Å²) in [5.41, 5.74) is 0. The molecule has 0 amide bonds. The molecule has 0 saturated carbocycles. The number of aliphatic hydroxyl groups excluding tert-OH is 1. The molecule has 0 radical (unpaired) electrons. The molecule has 1 aliphatic rings. The normalized spacial score (nSPS) is 25.2. The molecule has 0 bridgehead atoms. The van der Waals surface area contributed by atoms with Crippen LogP contribution in [0.3, 0.4) is 0 Å². The summed E-state index contributed by atoms with van der Waals surface area (Å²) >= 11 is 0. The molecule has 1 fully saturated rings. The molecule has 2 atom stereocenters. The number of carboxylic acids is 1. The Balaban J connectivity index is 2.45. The number of nitrogens with zero attached hydrogens (tertiary/aromatic N) is 1. The van der Waals surface area contributed by atoms with E-state index in [9.17, 15) is 4.79 Å². The van der Waals surface area contributed by atoms with Crippen LogP contribution in [-0.4, -0.2) is 59.9 Å². The average Bonchev–Trinajstić information content (AvgIpc) is 2.33. The molecule has 5 heteroatoms. The zero-order valence-electron chi connectivity index (χ0n) is 11.3. The van der Waals surface area contributed by atoms with Gasteiger partial charge < -0.3 is 15.5 Å². The van der Waals surface area contributed by atoms with Crippen LogP contribution < -0.4 is 5.32 Å². The fraction of sp³-hybridized carbons (Fsp3) is 0.923. The summed E-state index contributed by atoms with van der Waals surface area (Å²) in [5, 5.41) is 21.3. The largest absolute Gasteiger partial charge is 0.480 e. The van der Waals surface area contributed by atoms with Gasteiger partial charge in [-0.25, -0.2) is 0 Å². The molecule has 2 unspecified atom stereocenters. The van der Waals surface area contributed by atoms with E-state index in [0.717, 1.165) is 45.3 Å². The topological polar surface area (TPSA) is 72.8 Å². The number of nitrogens with one attached hydrogen (secondary N) is 1. The molecule has 0 aliphatic carbocycles. The second-order valence-electron chi connectivity index (χ2n) is 5.21. The van der Waals surface area contributed by atoms with Gasteiger partial charge >= 0.3 is 5.97 Å². The minimum absolute atomic E-state index is 0.125. The monoisotopic (exact) mass is 258 g/mol. The van der Waals surface area contributed by atoms with Gasteiger partial charge in [-0.1, -0.05) is 6.92 Å². The quantitative estimate of drug-likeness (QED) is 0.592. The number of likely N-dealkylation sites (tertiary alicyclic amines) is 1. The molecule has 18 heavy (non-hydrogen) atoms. The molecular weight excluding hydrogens is 232 g/mol. The van der Waals surface area contributed by atoms with E-state index < -0.39 is 5.97 Å². The van der Waals surface area contributed by atoms with Gasteiger partial charge in [0, 0.05) is 25.7 Å². The molecule has 0 spiro atoms. The molecule has 0 aromatic heterocycles. The number of carboxylic acid groups (broad SMARTS) is 1. The van der Waals surface area contributed by atoms with Crippen LogP contribution in [0.2, 0.25) is 0 Å². The van der Waals surface area contributed by atoms with Gasteiger partial charge in [-0.2, -0.15) is 0 Å². The van der Waals surface area contributed by atoms with Gasteiger partial charge in [0.25, 0.3) is 0 Å². The molecule has 1 saturated heterocycles. The molecule has 1 rings (SSSR count). The van der Waals surface area contributed by atoms with E-state index in [1.54, 1.807) is 0 Å². The molecule has 106 valence electrons. The average molecular weight is 258 g/mol. The zero-order valence-corrected chi connectivity index (χ0v) is 11.3. The third-order valence-corrected chi connectivity index (χ3v) is 3.43. The van der Waals surface area contributed by atoms with Crippen molar-refractivity contribution in [1.82, 2.24) is 10.2 Å². The lowest BCUT2D eigenvalue weighted by Crippen LogP contribution is -2.50. The van der Waals surface area contributed by atoms with Crippen molar-refractivity contribution in [2.45, 2.75) is 38.6 Å². The van der Waals surface area contributed by atoms with Crippen molar-refractivity contribution < 1.29 is 15.0 Å². The maximum Gasteiger partial charge on any atom is 0.317 e. The third kappa shape index (κ3) is 5.80. The minimum atomic E-state index is -0.757. The Hall–Kier alpha value is -0.650. The first kappa shape index (κ1) is 15.4. The Bertz CT molecular complexity index is 232. The van der Waals surface area contributed by atoms with E-state index in [1.165, 1.54) is 0 Å². The zero-order chi connectivity index (χ0) is 13.4. The Morgan fingerprint density at radius 2 is 2.22 bits per heavy atom. The van der Waals surface area contributed by atoms with Gasteiger partial charge in [0.2, 0.25) is 0 Å². The Morgan fingerprint density at radius 1 is 1.44 bits per heavy atom. The van der Waals surface area contributed by atoms with E-state index in [0.29, 0.717) is 12.0 Å². The molecule has 1 heterocycles. The highest BCUT2D eigenvalue weighted by molar-refractivity contribution is 5.69. The first-order valence-electron chi connectivity index (χ1n) is 6.94. The fourth-order valence-corrected chi connectivity index (χ4v) is 2.71. The lowest BCUT2D eigenvalue weighted by atomic mass is 9.90. The van der Waals surface area contributed by atoms with E-state index in [2.05, 4.69) is 12.2 Å². The van der Waals surface area contributed by atoms with Crippen molar-refractivity contribution in [3.8, 4) is 0 Å². The van der Waals surface area contributed by atoms with Gasteiger partial charge in [-0.05, 0) is 38.1 Å². The molecule has 1 aliphatic heterocycles. The van der Waals surface area contributed by atoms with Crippen LogP contribution in [0.15, 0.2) is 0 Å². The molecule has 3 N–H and O–H groups in total. The highest BCUT2D eigenvalue weighted by Crippen LogP contribution is 2.21. The maximum atomic E-state index is 10.8. The van der Waals surface area contributed by atoms with Crippen molar-refractivity contribution in [2.75, 3.05) is 32.8 Å². The number of hydrogen-bond acceptors (Lipinski definition) is 4. The summed E-state index contributed by atoms with van der Waals surface area (Å²) in [7, 11) is 0. The summed E-state index contributed by atoms with van der Waals surface area (Å²) in [6.07, 6.45) is 3.98. The number of rotatable bonds is 8. The summed E-state index contributed by atoms with van der Waals surface area (Å²) in [6.45, 7) is 5.13. The van der Waals surface area contributed by atoms with Crippen molar-refractivity contribution >= 4 is 5.97 Å². The first-order valence-corrected chi connectivity index (χ1v) is 6.94. The highest BCUT2D eigenvalue weighted by atomic mass is 16.4. The third-order valence-electron chi connectivity index (χ3n) is 3.43. The lowest BCUT2D eigenvalue weighted by molar-refractivity contribution is -0.138. The molecular formula is C13H26N2O3. The van der Waals surface area contributed by atoms with Crippen LogP contribution in [0, 0.1) is 5.92 Å². The van der Waals surface area contributed by atoms with Crippen molar-refractivity contribution in [1.29, 1.82) is 0 Å². The van der Waals surface area contributed by atoms with Crippen molar-refractivity contribution in [3.05, 3.63) is 0 Å². The van der Waals surface area contributed by atoms with Crippen LogP contribution in [0.5, 0.6) is 0 Å². The predicted octanol–water partition coefficient (Wildman–Crippen LogP) is 0.534. The Labute approximate surface area is 109 Å². The number of aliphatic hydroxyl groups is 1. The van der Waals surface area contributed by atoms with E-state index in [4.69, 9.17) is 10.2 Å². The number of carbonyl (C=O) groups is 1. The summed E-state index contributed by atoms with van der Waals surface area (Å²) in [6, 6.07) is 0.391. The van der Waals surface area contributed by atoms with Gasteiger partial charge in [0.15, 0.2) is 0 Å². The number of piperidine rings is 1. The summed E-state index contributed by atoms with van der Waals surface area (Å²) in [5.74, 6) is -0.258. The number of hydrogen-bond donors (Lipinski definition) is 3. The van der Waals surface area contributed by atoms with Crippen molar-refractivity contribution in [2.24, 2.45) is 5.92 Å².